The molecule has 0 amide bonds. The first-order chi connectivity index (χ1) is 8.09. The Bertz CT molecular complexity index is 414. The van der Waals surface area contributed by atoms with Gasteiger partial charge in [0.2, 0.25) is 0 Å². The molecule has 0 fully saturated rings. The lowest BCUT2D eigenvalue weighted by atomic mass is 10.0. The molecule has 0 saturated heterocycles. The van der Waals surface area contributed by atoms with Gasteiger partial charge in [-0.2, -0.15) is 0 Å². The molecule has 1 radical (unpaired) electrons. The SMILES string of the molecule is CC(C)(C)[N+](c1ccccc1)c1ccccc1. The van der Waals surface area contributed by atoms with Crippen LogP contribution in [-0.4, -0.2) is 5.54 Å². The van der Waals surface area contributed by atoms with E-state index in [0.29, 0.717) is 0 Å². The van der Waals surface area contributed by atoms with Gasteiger partial charge in [0.1, 0.15) is 5.54 Å². The molecule has 1 heteroatoms. The van der Waals surface area contributed by atoms with Crippen LogP contribution < -0.4 is 4.90 Å². The van der Waals surface area contributed by atoms with Gasteiger partial charge in [-0.25, -0.2) is 0 Å². The van der Waals surface area contributed by atoms with Crippen LogP contribution in [0.1, 0.15) is 20.8 Å². The summed E-state index contributed by atoms with van der Waals surface area (Å²) in [6.07, 6.45) is 0. The Morgan fingerprint density at radius 1 is 0.647 bits per heavy atom. The summed E-state index contributed by atoms with van der Waals surface area (Å²) in [6.45, 7) is 6.69. The van der Waals surface area contributed by atoms with Gasteiger partial charge in [-0.1, -0.05) is 41.3 Å². The number of benzene rings is 2. The maximum absolute atomic E-state index is 2.35. The van der Waals surface area contributed by atoms with Crippen molar-refractivity contribution >= 4 is 11.4 Å². The van der Waals surface area contributed by atoms with Crippen molar-refractivity contribution in [2.75, 3.05) is 0 Å². The number of para-hydroxylation sites is 2. The van der Waals surface area contributed by atoms with Gasteiger partial charge in [0.25, 0.3) is 0 Å². The summed E-state index contributed by atoms with van der Waals surface area (Å²) in [5, 5.41) is 0. The number of nitrogens with zero attached hydrogens (tertiary/aromatic N) is 1. The summed E-state index contributed by atoms with van der Waals surface area (Å²) in [5.41, 5.74) is 2.51. The van der Waals surface area contributed by atoms with Gasteiger partial charge in [0, 0.05) is 24.3 Å². The number of hydrogen-bond acceptors (Lipinski definition) is 1. The lowest BCUT2D eigenvalue weighted by Gasteiger charge is -2.24. The zero-order chi connectivity index (χ0) is 12.3. The fourth-order valence-corrected chi connectivity index (χ4v) is 2.08. The van der Waals surface area contributed by atoms with Crippen molar-refractivity contribution < 1.29 is 0 Å². The summed E-state index contributed by atoms with van der Waals surface area (Å²) in [7, 11) is 0. The fraction of sp³-hybridized carbons (Fsp3) is 0.250. The van der Waals surface area contributed by atoms with E-state index in [9.17, 15) is 0 Å². The van der Waals surface area contributed by atoms with E-state index in [-0.39, 0.29) is 5.54 Å². The Labute approximate surface area is 104 Å². The molecule has 17 heavy (non-hydrogen) atoms. The summed E-state index contributed by atoms with van der Waals surface area (Å²) >= 11 is 0. The van der Waals surface area contributed by atoms with Gasteiger partial charge in [-0.3, -0.25) is 0 Å². The standard InChI is InChI=1S/C16H19N/c1-16(2,3)17(14-10-6-4-7-11-14)15-12-8-5-9-13-15/h4-13H,1-3H3/q+1. The van der Waals surface area contributed by atoms with Crippen LogP contribution in [0, 0.1) is 0 Å². The molecule has 0 aliphatic carbocycles. The number of rotatable bonds is 2. The topological polar surface area (TPSA) is 5.90 Å². The van der Waals surface area contributed by atoms with Crippen LogP contribution in [0.15, 0.2) is 60.7 Å². The molecule has 0 atom stereocenters. The molecular formula is C16H19N+. The molecule has 0 aromatic heterocycles. The zero-order valence-electron chi connectivity index (χ0n) is 10.7. The third-order valence-electron chi connectivity index (χ3n) is 2.70. The van der Waals surface area contributed by atoms with Crippen molar-refractivity contribution in [2.24, 2.45) is 0 Å². The van der Waals surface area contributed by atoms with Crippen molar-refractivity contribution in [3.05, 3.63) is 60.7 Å². The molecule has 1 nitrogen and oxygen atoms in total. The van der Waals surface area contributed by atoms with E-state index in [1.807, 2.05) is 0 Å². The van der Waals surface area contributed by atoms with E-state index in [4.69, 9.17) is 0 Å². The van der Waals surface area contributed by atoms with Crippen molar-refractivity contribution in [2.45, 2.75) is 26.3 Å². The van der Waals surface area contributed by atoms with Crippen molar-refractivity contribution in [3.8, 4) is 0 Å². The maximum Gasteiger partial charge on any atom is 0.186 e. The third kappa shape index (κ3) is 2.75. The predicted octanol–water partition coefficient (Wildman–Crippen LogP) is 4.59. The molecule has 2 aromatic carbocycles. The lowest BCUT2D eigenvalue weighted by molar-refractivity contribution is 0.401. The van der Waals surface area contributed by atoms with Gasteiger partial charge < -0.3 is 0 Å². The number of anilines is 2. The molecule has 0 N–H and O–H groups in total. The fourth-order valence-electron chi connectivity index (χ4n) is 2.08. The summed E-state index contributed by atoms with van der Waals surface area (Å²) in [6, 6.07) is 21.0. The van der Waals surface area contributed by atoms with Gasteiger partial charge in [-0.05, 0) is 20.8 Å². The molecule has 0 unspecified atom stereocenters. The molecule has 0 bridgehead atoms. The second-order valence-corrected chi connectivity index (χ2v) is 5.18. The molecular weight excluding hydrogens is 206 g/mol. The second kappa shape index (κ2) is 4.72. The second-order valence-electron chi connectivity index (χ2n) is 5.18. The maximum atomic E-state index is 2.35. The van der Waals surface area contributed by atoms with Gasteiger partial charge in [-0.15, -0.1) is 0 Å². The van der Waals surface area contributed by atoms with Crippen LogP contribution in [0.2, 0.25) is 0 Å². The van der Waals surface area contributed by atoms with Crippen LogP contribution in [0.3, 0.4) is 0 Å². The predicted molar refractivity (Wildman–Crippen MR) is 74.1 cm³/mol. The van der Waals surface area contributed by atoms with Gasteiger partial charge in [0.15, 0.2) is 11.4 Å². The van der Waals surface area contributed by atoms with Crippen molar-refractivity contribution in [3.63, 3.8) is 0 Å². The van der Waals surface area contributed by atoms with E-state index in [1.54, 1.807) is 0 Å². The first kappa shape index (κ1) is 11.9. The molecule has 0 heterocycles. The van der Waals surface area contributed by atoms with Crippen LogP contribution in [0.5, 0.6) is 0 Å². The Hall–Kier alpha value is -1.60. The summed E-state index contributed by atoms with van der Waals surface area (Å²) in [4.78, 5) is 2.35. The molecule has 87 valence electrons. The highest BCUT2D eigenvalue weighted by atomic mass is 15.2. The summed E-state index contributed by atoms with van der Waals surface area (Å²) < 4.78 is 0. The van der Waals surface area contributed by atoms with Crippen LogP contribution >= 0.6 is 0 Å². The minimum Gasteiger partial charge on any atom is -0.0925 e. The normalized spacial score (nSPS) is 11.8. The summed E-state index contributed by atoms with van der Waals surface area (Å²) in [5.74, 6) is 0. The molecule has 0 aliphatic rings. The quantitative estimate of drug-likeness (QED) is 0.659. The van der Waals surface area contributed by atoms with E-state index >= 15 is 0 Å². The molecule has 0 spiro atoms. The van der Waals surface area contributed by atoms with E-state index < -0.39 is 0 Å². The van der Waals surface area contributed by atoms with Crippen molar-refractivity contribution in [1.29, 1.82) is 0 Å². The third-order valence-corrected chi connectivity index (χ3v) is 2.70. The Morgan fingerprint density at radius 3 is 1.29 bits per heavy atom. The largest absolute Gasteiger partial charge is 0.186 e. The van der Waals surface area contributed by atoms with Gasteiger partial charge in [0.05, 0.1) is 0 Å². The van der Waals surface area contributed by atoms with Gasteiger partial charge >= 0.3 is 0 Å². The lowest BCUT2D eigenvalue weighted by Crippen LogP contribution is -2.38. The minimum atomic E-state index is 0.0582. The Balaban J connectivity index is 2.48. The first-order valence-corrected chi connectivity index (χ1v) is 5.99. The molecule has 2 rings (SSSR count). The minimum absolute atomic E-state index is 0.0582. The molecule has 0 saturated carbocycles. The van der Waals surface area contributed by atoms with E-state index in [1.165, 1.54) is 11.4 Å². The highest BCUT2D eigenvalue weighted by molar-refractivity contribution is 5.54. The average Bonchev–Trinajstić information content (AvgIpc) is 2.30. The number of hydrogen-bond donors (Lipinski definition) is 0. The van der Waals surface area contributed by atoms with Crippen LogP contribution in [-0.2, 0) is 0 Å². The monoisotopic (exact) mass is 225 g/mol. The average molecular weight is 225 g/mol. The van der Waals surface area contributed by atoms with E-state index in [0.717, 1.165) is 0 Å². The van der Waals surface area contributed by atoms with E-state index in [2.05, 4.69) is 86.3 Å². The first-order valence-electron chi connectivity index (χ1n) is 5.99. The molecule has 0 aliphatic heterocycles. The smallest absolute Gasteiger partial charge is 0.0925 e. The Morgan fingerprint density at radius 2 is 1.00 bits per heavy atom. The van der Waals surface area contributed by atoms with Crippen LogP contribution in [0.25, 0.3) is 0 Å². The molecule has 2 aromatic rings. The van der Waals surface area contributed by atoms with Crippen molar-refractivity contribution in [1.82, 2.24) is 4.90 Å². The highest BCUT2D eigenvalue weighted by Gasteiger charge is 2.35. The highest BCUT2D eigenvalue weighted by Crippen LogP contribution is 2.31. The zero-order valence-corrected chi connectivity index (χ0v) is 10.7. The Kier molecular flexibility index (Phi) is 3.30. The van der Waals surface area contributed by atoms with Crippen LogP contribution in [0.4, 0.5) is 11.4 Å².